The van der Waals surface area contributed by atoms with Gasteiger partial charge in [0.15, 0.2) is 6.10 Å². The van der Waals surface area contributed by atoms with Gasteiger partial charge in [0.05, 0.1) is 0 Å². The number of allylic oxidation sites excluding steroid dienone is 22. The van der Waals surface area contributed by atoms with Crippen molar-refractivity contribution in [2.75, 3.05) is 13.2 Å². The van der Waals surface area contributed by atoms with E-state index in [9.17, 15) is 14.4 Å². The molecule has 0 aliphatic carbocycles. The van der Waals surface area contributed by atoms with Crippen LogP contribution in [0.5, 0.6) is 0 Å². The number of carbonyl (C=O) groups excluding carboxylic acids is 3. The Balaban J connectivity index is 4.50. The van der Waals surface area contributed by atoms with Crippen LogP contribution in [0.4, 0.5) is 0 Å². The van der Waals surface area contributed by atoms with Crippen LogP contribution in [0, 0.1) is 0 Å². The fraction of sp³-hybridized carbons (Fsp3) is 0.658. The second-order valence-electron chi connectivity index (χ2n) is 21.3. The third-order valence-electron chi connectivity index (χ3n) is 13.7. The van der Waals surface area contributed by atoms with E-state index in [1.807, 2.05) is 6.08 Å². The zero-order valence-electron chi connectivity index (χ0n) is 51.3. The Morgan fingerprint density at radius 1 is 0.266 bits per heavy atom. The minimum absolute atomic E-state index is 0.121. The van der Waals surface area contributed by atoms with Crippen molar-refractivity contribution in [3.63, 3.8) is 0 Å². The van der Waals surface area contributed by atoms with Gasteiger partial charge in [-0.15, -0.1) is 0 Å². The fourth-order valence-electron chi connectivity index (χ4n) is 8.85. The molecule has 0 fully saturated rings. The number of rotatable bonds is 58. The molecular weight excluding hydrogens is 973 g/mol. The summed E-state index contributed by atoms with van der Waals surface area (Å²) >= 11 is 0. The van der Waals surface area contributed by atoms with Crippen LogP contribution in [0.1, 0.15) is 290 Å². The number of esters is 3. The predicted octanol–water partition coefficient (Wildman–Crippen LogP) is 22.5. The molecule has 79 heavy (non-hydrogen) atoms. The van der Waals surface area contributed by atoms with Gasteiger partial charge in [-0.25, -0.2) is 0 Å². The lowest BCUT2D eigenvalue weighted by Crippen LogP contribution is -2.30. The van der Waals surface area contributed by atoms with Crippen LogP contribution < -0.4 is 0 Å². The van der Waals surface area contributed by atoms with E-state index in [-0.39, 0.29) is 31.6 Å². The number of hydrogen-bond donors (Lipinski definition) is 0. The molecule has 1 unspecified atom stereocenters. The topological polar surface area (TPSA) is 78.9 Å². The van der Waals surface area contributed by atoms with Gasteiger partial charge < -0.3 is 14.2 Å². The number of unbranched alkanes of at least 4 members (excludes halogenated alkanes) is 25. The van der Waals surface area contributed by atoms with Gasteiger partial charge in [-0.2, -0.15) is 0 Å². The molecule has 0 amide bonds. The fourth-order valence-corrected chi connectivity index (χ4v) is 8.85. The summed E-state index contributed by atoms with van der Waals surface area (Å²) in [4.78, 5) is 38.3. The summed E-state index contributed by atoms with van der Waals surface area (Å²) in [5, 5.41) is 0. The normalized spacial score (nSPS) is 13.0. The minimum Gasteiger partial charge on any atom is -0.462 e. The summed E-state index contributed by atoms with van der Waals surface area (Å²) in [7, 11) is 0. The predicted molar refractivity (Wildman–Crippen MR) is 343 cm³/mol. The minimum atomic E-state index is -0.838. The van der Waals surface area contributed by atoms with E-state index in [1.54, 1.807) is 0 Å². The van der Waals surface area contributed by atoms with E-state index in [0.29, 0.717) is 19.3 Å². The molecule has 0 aromatic heterocycles. The van der Waals surface area contributed by atoms with Crippen molar-refractivity contribution in [3.05, 3.63) is 134 Å². The Kier molecular flexibility index (Phi) is 62.3. The van der Waals surface area contributed by atoms with Gasteiger partial charge in [0.1, 0.15) is 13.2 Å². The first-order valence-corrected chi connectivity index (χ1v) is 32.7. The maximum atomic E-state index is 12.9. The molecule has 0 N–H and O–H groups in total. The second-order valence-corrected chi connectivity index (χ2v) is 21.3. The lowest BCUT2D eigenvalue weighted by molar-refractivity contribution is -0.166. The molecule has 0 aliphatic rings. The molecule has 0 saturated heterocycles. The maximum Gasteiger partial charge on any atom is 0.306 e. The lowest BCUT2D eigenvalue weighted by atomic mass is 10.0. The average molecular weight is 1090 g/mol. The second kappa shape index (κ2) is 66.1. The Labute approximate surface area is 487 Å². The van der Waals surface area contributed by atoms with Gasteiger partial charge in [-0.1, -0.05) is 302 Å². The Bertz CT molecular complexity index is 1680. The Hall–Kier alpha value is -4.45. The molecule has 0 rings (SSSR count). The summed E-state index contributed by atoms with van der Waals surface area (Å²) in [6.07, 6.45) is 93.3. The van der Waals surface area contributed by atoms with Gasteiger partial charge >= 0.3 is 17.9 Å². The summed E-state index contributed by atoms with van der Waals surface area (Å²) in [5.41, 5.74) is 0. The maximum absolute atomic E-state index is 12.9. The van der Waals surface area contributed by atoms with E-state index in [0.717, 1.165) is 116 Å². The first-order chi connectivity index (χ1) is 39.0. The molecule has 0 spiro atoms. The SMILES string of the molecule is CC/C=C\C/C=C\C/C=C\C/C=C\C/C=C\C/C=C\CCC(=O)OC(COC(=O)CCCCC/C=C\C/C=C\C/C=C\C/C=C\C/C=C\CC)COC(=O)CCCCCCCCCCCCCCCCCCCCCCCCC. The van der Waals surface area contributed by atoms with Gasteiger partial charge in [-0.3, -0.25) is 14.4 Å². The van der Waals surface area contributed by atoms with Crippen LogP contribution in [-0.4, -0.2) is 37.2 Å². The van der Waals surface area contributed by atoms with Crippen molar-refractivity contribution in [1.29, 1.82) is 0 Å². The molecule has 6 heteroatoms. The van der Waals surface area contributed by atoms with Crippen molar-refractivity contribution in [1.82, 2.24) is 0 Å². The van der Waals surface area contributed by atoms with Gasteiger partial charge in [0.2, 0.25) is 0 Å². The highest BCUT2D eigenvalue weighted by molar-refractivity contribution is 5.71. The van der Waals surface area contributed by atoms with Crippen LogP contribution in [0.3, 0.4) is 0 Å². The monoisotopic (exact) mass is 1090 g/mol. The summed E-state index contributed by atoms with van der Waals surface area (Å²) in [5.74, 6) is -1.03. The third-order valence-corrected chi connectivity index (χ3v) is 13.7. The molecule has 0 saturated carbocycles. The first-order valence-electron chi connectivity index (χ1n) is 32.7. The molecule has 1 atom stereocenters. The van der Waals surface area contributed by atoms with E-state index >= 15 is 0 Å². The summed E-state index contributed by atoms with van der Waals surface area (Å²) in [6, 6.07) is 0. The first kappa shape index (κ1) is 74.5. The molecule has 6 nitrogen and oxygen atoms in total. The van der Waals surface area contributed by atoms with Crippen LogP contribution in [0.25, 0.3) is 0 Å². The van der Waals surface area contributed by atoms with Crippen LogP contribution >= 0.6 is 0 Å². The molecule has 0 aromatic carbocycles. The van der Waals surface area contributed by atoms with Crippen molar-refractivity contribution in [3.8, 4) is 0 Å². The lowest BCUT2D eigenvalue weighted by Gasteiger charge is -2.18. The van der Waals surface area contributed by atoms with Crippen molar-refractivity contribution in [2.24, 2.45) is 0 Å². The highest BCUT2D eigenvalue weighted by Gasteiger charge is 2.19. The number of ether oxygens (including phenoxy) is 3. The van der Waals surface area contributed by atoms with E-state index < -0.39 is 12.1 Å². The highest BCUT2D eigenvalue weighted by Crippen LogP contribution is 2.17. The van der Waals surface area contributed by atoms with Crippen molar-refractivity contribution < 1.29 is 28.6 Å². The van der Waals surface area contributed by atoms with E-state index in [2.05, 4.69) is 148 Å². The molecule has 0 aliphatic heterocycles. The molecule has 0 aromatic rings. The largest absolute Gasteiger partial charge is 0.462 e. The summed E-state index contributed by atoms with van der Waals surface area (Å²) < 4.78 is 16.8. The molecule has 0 radical (unpaired) electrons. The van der Waals surface area contributed by atoms with Crippen LogP contribution in [-0.2, 0) is 28.6 Å². The smallest absolute Gasteiger partial charge is 0.306 e. The Morgan fingerprint density at radius 3 is 0.823 bits per heavy atom. The Morgan fingerprint density at radius 2 is 0.519 bits per heavy atom. The number of carbonyl (C=O) groups is 3. The van der Waals surface area contributed by atoms with Gasteiger partial charge in [0.25, 0.3) is 0 Å². The molecular formula is C73H120O6. The molecule has 0 heterocycles. The van der Waals surface area contributed by atoms with Crippen LogP contribution in [0.2, 0.25) is 0 Å². The number of hydrogen-bond acceptors (Lipinski definition) is 6. The third kappa shape index (κ3) is 64.3. The molecule has 0 bridgehead atoms. The highest BCUT2D eigenvalue weighted by atomic mass is 16.6. The van der Waals surface area contributed by atoms with E-state index in [1.165, 1.54) is 128 Å². The summed E-state index contributed by atoms with van der Waals surface area (Å²) in [6.45, 7) is 6.35. The van der Waals surface area contributed by atoms with Crippen molar-refractivity contribution in [2.45, 2.75) is 297 Å². The zero-order chi connectivity index (χ0) is 57.1. The van der Waals surface area contributed by atoms with Gasteiger partial charge in [0, 0.05) is 19.3 Å². The zero-order valence-corrected chi connectivity index (χ0v) is 51.3. The average Bonchev–Trinajstić information content (AvgIpc) is 3.45. The standard InChI is InChI=1S/C73H120O6/c1-4-7-10-13-16-19-22-25-28-31-34-35-36-37-40-42-45-48-51-54-57-60-63-66-72(75)78-69-70(79-73(76)67-64-61-58-55-52-49-46-43-39-33-30-27-24-21-18-15-12-9-6-3)68-77-71(74)65-62-59-56-53-50-47-44-41-38-32-29-26-23-20-17-14-11-8-5-2/h8-9,11-12,17-18,20-21,26-27,29-30,38-39,41,43,47,49-50,52,58,61,70H,4-7,10,13-16,19,22-25,28,31-37,40,42,44-46,48,51,53-57,59-60,62-69H2,1-3H3/b11-8-,12-9-,20-17-,21-18-,29-26-,30-27-,41-38-,43-39-,50-47-,52-49-,61-58-. The molecule has 448 valence electrons. The van der Waals surface area contributed by atoms with Crippen molar-refractivity contribution >= 4 is 17.9 Å². The van der Waals surface area contributed by atoms with Crippen LogP contribution in [0.15, 0.2) is 134 Å². The quantitative estimate of drug-likeness (QED) is 0.0261. The van der Waals surface area contributed by atoms with Gasteiger partial charge in [-0.05, 0) is 103 Å². The van der Waals surface area contributed by atoms with E-state index in [4.69, 9.17) is 14.2 Å².